The molecule has 2 aliphatic rings. The zero-order chi connectivity index (χ0) is 13.8. The molecule has 0 bridgehead atoms. The maximum Gasteiger partial charge on any atom is 0.310 e. The summed E-state index contributed by atoms with van der Waals surface area (Å²) in [6.07, 6.45) is 5.98. The molecule has 0 spiro atoms. The van der Waals surface area contributed by atoms with Crippen molar-refractivity contribution < 1.29 is 14.3 Å². The van der Waals surface area contributed by atoms with Crippen LogP contribution in [0.1, 0.15) is 38.5 Å². The van der Waals surface area contributed by atoms with E-state index in [9.17, 15) is 9.59 Å². The van der Waals surface area contributed by atoms with Crippen LogP contribution in [0.25, 0.3) is 0 Å². The fraction of sp³-hybridized carbons (Fsp3) is 0.857. The van der Waals surface area contributed by atoms with Gasteiger partial charge in [-0.1, -0.05) is 19.3 Å². The third-order valence-electron chi connectivity index (χ3n) is 4.36. The van der Waals surface area contributed by atoms with Crippen molar-refractivity contribution in [2.45, 2.75) is 50.6 Å². The highest BCUT2D eigenvalue weighted by atomic mass is 16.5. The summed E-state index contributed by atoms with van der Waals surface area (Å²) in [6.45, 7) is 0.798. The van der Waals surface area contributed by atoms with E-state index in [1.807, 2.05) is 7.05 Å². The highest BCUT2D eigenvalue weighted by Crippen LogP contribution is 2.26. The average Bonchev–Trinajstić information content (AvgIpc) is 2.63. The van der Waals surface area contributed by atoms with Gasteiger partial charge >= 0.3 is 5.97 Å². The van der Waals surface area contributed by atoms with Crippen molar-refractivity contribution in [2.75, 3.05) is 20.7 Å². The third kappa shape index (κ3) is 3.26. The van der Waals surface area contributed by atoms with Gasteiger partial charge in [0.15, 0.2) is 0 Å². The number of likely N-dealkylation sites (N-methyl/N-ethyl adjacent to an activating group) is 1. The first-order valence-corrected chi connectivity index (χ1v) is 7.22. The van der Waals surface area contributed by atoms with E-state index in [-0.39, 0.29) is 29.9 Å². The zero-order valence-electron chi connectivity index (χ0n) is 11.9. The normalized spacial score (nSPS) is 32.2. The van der Waals surface area contributed by atoms with Crippen LogP contribution >= 0.6 is 0 Å². The van der Waals surface area contributed by atoms with Crippen LogP contribution in [0.2, 0.25) is 0 Å². The Bertz CT molecular complexity index is 346. The first-order chi connectivity index (χ1) is 9.13. The quantitative estimate of drug-likeness (QED) is 0.611. The maximum atomic E-state index is 12.0. The summed E-state index contributed by atoms with van der Waals surface area (Å²) in [5.41, 5.74) is 0. The molecule has 108 valence electrons. The molecule has 5 nitrogen and oxygen atoms in total. The molecule has 0 aromatic heterocycles. The van der Waals surface area contributed by atoms with E-state index in [2.05, 4.69) is 5.32 Å². The number of rotatable bonds is 3. The minimum Gasteiger partial charge on any atom is -0.469 e. The van der Waals surface area contributed by atoms with Gasteiger partial charge in [-0.3, -0.25) is 9.59 Å². The summed E-state index contributed by atoms with van der Waals surface area (Å²) in [7, 11) is 3.27. The number of hydrogen-bond acceptors (Lipinski definition) is 4. The Balaban J connectivity index is 2.02. The minimum atomic E-state index is -0.141. The van der Waals surface area contributed by atoms with Crippen molar-refractivity contribution in [3.63, 3.8) is 0 Å². The van der Waals surface area contributed by atoms with Crippen molar-refractivity contribution in [3.05, 3.63) is 0 Å². The number of amides is 1. The number of nitrogens with one attached hydrogen (secondary N) is 1. The van der Waals surface area contributed by atoms with E-state index in [0.717, 1.165) is 45.1 Å². The van der Waals surface area contributed by atoms with Gasteiger partial charge in [-0.2, -0.15) is 0 Å². The smallest absolute Gasteiger partial charge is 0.310 e. The summed E-state index contributed by atoms with van der Waals surface area (Å²) in [4.78, 5) is 25.6. The lowest BCUT2D eigenvalue weighted by molar-refractivity contribution is -0.147. The molecule has 1 aliphatic carbocycles. The van der Waals surface area contributed by atoms with Crippen LogP contribution in [0, 0.1) is 5.92 Å². The lowest BCUT2D eigenvalue weighted by atomic mass is 9.94. The summed E-state index contributed by atoms with van der Waals surface area (Å²) in [5.74, 6) is -0.0998. The van der Waals surface area contributed by atoms with E-state index in [4.69, 9.17) is 4.74 Å². The second kappa shape index (κ2) is 6.37. The third-order valence-corrected chi connectivity index (χ3v) is 4.36. The summed E-state index contributed by atoms with van der Waals surface area (Å²) in [6, 6.07) is -0.0457. The van der Waals surface area contributed by atoms with Gasteiger partial charge in [0.2, 0.25) is 5.91 Å². The van der Waals surface area contributed by atoms with Crippen LogP contribution in [0.5, 0.6) is 0 Å². The summed E-state index contributed by atoms with van der Waals surface area (Å²) < 4.78 is 4.91. The van der Waals surface area contributed by atoms with E-state index in [0.29, 0.717) is 0 Å². The van der Waals surface area contributed by atoms with Gasteiger partial charge in [0.1, 0.15) is 0 Å². The van der Waals surface area contributed by atoms with Gasteiger partial charge in [-0.25, -0.2) is 0 Å². The van der Waals surface area contributed by atoms with Crippen LogP contribution in [0.15, 0.2) is 0 Å². The predicted octanol–water partition coefficient (Wildman–Crippen LogP) is 0.929. The Hall–Kier alpha value is -1.10. The number of esters is 1. The second-order valence-electron chi connectivity index (χ2n) is 5.64. The first-order valence-electron chi connectivity index (χ1n) is 7.22. The Morgan fingerprint density at radius 3 is 2.63 bits per heavy atom. The summed E-state index contributed by atoms with van der Waals surface area (Å²) in [5, 5.41) is 3.41. The topological polar surface area (TPSA) is 58.6 Å². The van der Waals surface area contributed by atoms with E-state index in [1.54, 1.807) is 4.90 Å². The molecule has 1 amide bonds. The largest absolute Gasteiger partial charge is 0.469 e. The molecule has 1 saturated carbocycles. The second-order valence-corrected chi connectivity index (χ2v) is 5.64. The van der Waals surface area contributed by atoms with Crippen molar-refractivity contribution >= 4 is 11.9 Å². The monoisotopic (exact) mass is 268 g/mol. The Kier molecular flexibility index (Phi) is 4.80. The fourth-order valence-electron chi connectivity index (χ4n) is 3.18. The number of ether oxygens (including phenoxy) is 1. The molecule has 1 heterocycles. The van der Waals surface area contributed by atoms with Crippen molar-refractivity contribution in [3.8, 4) is 0 Å². The van der Waals surface area contributed by atoms with Crippen LogP contribution in [-0.4, -0.2) is 49.6 Å². The van der Waals surface area contributed by atoms with Gasteiger partial charge in [0, 0.05) is 19.6 Å². The molecule has 3 unspecified atom stereocenters. The highest BCUT2D eigenvalue weighted by Gasteiger charge is 2.36. The zero-order valence-corrected chi connectivity index (χ0v) is 11.9. The Morgan fingerprint density at radius 1 is 1.26 bits per heavy atom. The fourth-order valence-corrected chi connectivity index (χ4v) is 3.18. The number of likely N-dealkylation sites (tertiary alicyclic amines) is 1. The molecule has 0 aromatic rings. The van der Waals surface area contributed by atoms with E-state index < -0.39 is 0 Å². The van der Waals surface area contributed by atoms with Crippen LogP contribution in [-0.2, 0) is 14.3 Å². The van der Waals surface area contributed by atoms with Crippen LogP contribution < -0.4 is 5.32 Å². The molecule has 5 heteroatoms. The number of hydrogen-bond donors (Lipinski definition) is 1. The molecule has 1 saturated heterocycles. The van der Waals surface area contributed by atoms with Crippen LogP contribution in [0.4, 0.5) is 0 Å². The minimum absolute atomic E-state index is 0.0791. The van der Waals surface area contributed by atoms with E-state index >= 15 is 0 Å². The number of nitrogens with zero attached hydrogens (tertiary/aromatic N) is 1. The first kappa shape index (κ1) is 14.3. The number of methoxy groups -OCH3 is 1. The highest BCUT2D eigenvalue weighted by molar-refractivity contribution is 5.83. The predicted molar refractivity (Wildman–Crippen MR) is 71.6 cm³/mol. The molecular weight excluding hydrogens is 244 g/mol. The van der Waals surface area contributed by atoms with Crippen molar-refractivity contribution in [2.24, 2.45) is 5.92 Å². The van der Waals surface area contributed by atoms with Crippen molar-refractivity contribution in [1.29, 1.82) is 0 Å². The van der Waals surface area contributed by atoms with Gasteiger partial charge < -0.3 is 15.0 Å². The number of carbonyl (C=O) groups is 2. The average molecular weight is 268 g/mol. The molecule has 0 radical (unpaired) electrons. The standard InChI is InChI=1S/C14H24N2O3/c1-16-9-8-12(13(16)17)15-11-7-5-3-4-6-10(11)14(18)19-2/h10-12,15H,3-9H2,1-2H3. The molecule has 0 aromatic carbocycles. The molecule has 2 rings (SSSR count). The summed E-state index contributed by atoms with van der Waals surface area (Å²) >= 11 is 0. The van der Waals surface area contributed by atoms with Gasteiger partial charge in [-0.05, 0) is 19.3 Å². The van der Waals surface area contributed by atoms with Crippen molar-refractivity contribution in [1.82, 2.24) is 10.2 Å². The van der Waals surface area contributed by atoms with Gasteiger partial charge in [0.05, 0.1) is 19.1 Å². The Labute approximate surface area is 114 Å². The molecule has 19 heavy (non-hydrogen) atoms. The number of carbonyl (C=O) groups excluding carboxylic acids is 2. The lowest BCUT2D eigenvalue weighted by Crippen LogP contribution is -2.48. The molecule has 1 N–H and O–H groups in total. The molecule has 3 atom stereocenters. The lowest BCUT2D eigenvalue weighted by Gasteiger charge is -2.26. The van der Waals surface area contributed by atoms with Gasteiger partial charge in [-0.15, -0.1) is 0 Å². The van der Waals surface area contributed by atoms with E-state index in [1.165, 1.54) is 7.11 Å². The Morgan fingerprint density at radius 2 is 2.00 bits per heavy atom. The van der Waals surface area contributed by atoms with Gasteiger partial charge in [0.25, 0.3) is 0 Å². The maximum absolute atomic E-state index is 12.0. The SMILES string of the molecule is COC(=O)C1CCCCCC1NC1CCN(C)C1=O. The molecule has 1 aliphatic heterocycles. The molecule has 2 fully saturated rings. The molecular formula is C14H24N2O3. The van der Waals surface area contributed by atoms with Crippen LogP contribution in [0.3, 0.4) is 0 Å².